The Hall–Kier alpha value is -0.860. The van der Waals surface area contributed by atoms with Crippen molar-refractivity contribution in [1.82, 2.24) is 5.43 Å². The lowest BCUT2D eigenvalue weighted by atomic mass is 9.76. The Morgan fingerprint density at radius 2 is 1.75 bits per heavy atom. The highest BCUT2D eigenvalue weighted by Gasteiger charge is 2.28. The van der Waals surface area contributed by atoms with Crippen molar-refractivity contribution >= 4 is 0 Å². The molecule has 0 aliphatic heterocycles. The van der Waals surface area contributed by atoms with Gasteiger partial charge in [-0.2, -0.15) is 0 Å². The van der Waals surface area contributed by atoms with Gasteiger partial charge in [0.15, 0.2) is 0 Å². The lowest BCUT2D eigenvalue weighted by molar-refractivity contribution is 0.231. The third-order valence-corrected chi connectivity index (χ3v) is 4.02. The molecule has 2 nitrogen and oxygen atoms in total. The van der Waals surface area contributed by atoms with E-state index in [4.69, 9.17) is 5.84 Å². The molecule has 3 N–H and O–H groups in total. The van der Waals surface area contributed by atoms with Crippen LogP contribution in [0.5, 0.6) is 0 Å². The number of nitrogens with two attached hydrogens (primary N) is 1. The molecule has 0 radical (unpaired) electrons. The zero-order valence-electron chi connectivity index (χ0n) is 10.5. The summed E-state index contributed by atoms with van der Waals surface area (Å²) in [6.07, 6.45) is 3.97. The van der Waals surface area contributed by atoms with Gasteiger partial charge in [-0.3, -0.25) is 11.3 Å². The van der Waals surface area contributed by atoms with E-state index in [1.54, 1.807) is 0 Å². The van der Waals surface area contributed by atoms with E-state index in [9.17, 15) is 0 Å². The number of benzene rings is 1. The molecular formula is C14H22N2. The maximum atomic E-state index is 5.72. The van der Waals surface area contributed by atoms with Gasteiger partial charge in [-0.1, -0.05) is 18.6 Å². The standard InChI is InChI=1S/C14H22N2/c1-9-7-11(3)13(8-10(9)2)14(16-15)12-5-4-6-12/h7-8,12,14,16H,4-6,15H2,1-3H3. The van der Waals surface area contributed by atoms with Crippen LogP contribution in [0, 0.1) is 26.7 Å². The fraction of sp³-hybridized carbons (Fsp3) is 0.571. The van der Waals surface area contributed by atoms with Gasteiger partial charge in [-0.15, -0.1) is 0 Å². The molecule has 0 bridgehead atoms. The molecule has 0 saturated heterocycles. The fourth-order valence-electron chi connectivity index (χ4n) is 2.57. The summed E-state index contributed by atoms with van der Waals surface area (Å²) in [6, 6.07) is 4.91. The molecule has 2 heteroatoms. The zero-order chi connectivity index (χ0) is 11.7. The van der Waals surface area contributed by atoms with E-state index in [1.807, 2.05) is 0 Å². The van der Waals surface area contributed by atoms with Gasteiger partial charge in [0.05, 0.1) is 0 Å². The first-order valence-corrected chi connectivity index (χ1v) is 6.17. The number of aryl methyl sites for hydroxylation is 3. The van der Waals surface area contributed by atoms with Gasteiger partial charge in [-0.25, -0.2) is 0 Å². The van der Waals surface area contributed by atoms with Crippen molar-refractivity contribution in [3.05, 3.63) is 34.4 Å². The predicted octanol–water partition coefficient (Wildman–Crippen LogP) is 2.92. The normalized spacial score (nSPS) is 18.2. The highest BCUT2D eigenvalue weighted by Crippen LogP contribution is 2.38. The Morgan fingerprint density at radius 1 is 1.12 bits per heavy atom. The van der Waals surface area contributed by atoms with E-state index in [0.717, 1.165) is 5.92 Å². The number of rotatable bonds is 3. The molecule has 0 spiro atoms. The molecule has 16 heavy (non-hydrogen) atoms. The Balaban J connectivity index is 2.33. The SMILES string of the molecule is Cc1cc(C)c(C(NN)C2CCC2)cc1C. The van der Waals surface area contributed by atoms with Gasteiger partial charge in [0, 0.05) is 6.04 Å². The minimum Gasteiger partial charge on any atom is -0.271 e. The second kappa shape index (κ2) is 4.56. The smallest absolute Gasteiger partial charge is 0.0490 e. The molecule has 1 aliphatic rings. The zero-order valence-corrected chi connectivity index (χ0v) is 10.5. The fourth-order valence-corrected chi connectivity index (χ4v) is 2.57. The van der Waals surface area contributed by atoms with E-state index in [0.29, 0.717) is 6.04 Å². The molecule has 1 saturated carbocycles. The molecule has 88 valence electrons. The van der Waals surface area contributed by atoms with Gasteiger partial charge in [0.2, 0.25) is 0 Å². The van der Waals surface area contributed by atoms with Crippen molar-refractivity contribution in [3.63, 3.8) is 0 Å². The molecule has 1 aromatic rings. The van der Waals surface area contributed by atoms with E-state index in [2.05, 4.69) is 38.3 Å². The maximum absolute atomic E-state index is 5.72. The number of hydrazine groups is 1. The van der Waals surface area contributed by atoms with Crippen LogP contribution in [-0.4, -0.2) is 0 Å². The molecule has 2 rings (SSSR count). The average molecular weight is 218 g/mol. The molecular weight excluding hydrogens is 196 g/mol. The van der Waals surface area contributed by atoms with E-state index in [1.165, 1.54) is 41.5 Å². The average Bonchev–Trinajstić information content (AvgIpc) is 2.17. The largest absolute Gasteiger partial charge is 0.271 e. The third-order valence-electron chi connectivity index (χ3n) is 4.02. The third kappa shape index (κ3) is 2.00. The van der Waals surface area contributed by atoms with Crippen molar-refractivity contribution in [3.8, 4) is 0 Å². The van der Waals surface area contributed by atoms with Crippen LogP contribution in [0.15, 0.2) is 12.1 Å². The molecule has 0 aromatic heterocycles. The van der Waals surface area contributed by atoms with Crippen LogP contribution in [0.2, 0.25) is 0 Å². The molecule has 1 aliphatic carbocycles. The van der Waals surface area contributed by atoms with Crippen LogP contribution < -0.4 is 11.3 Å². The van der Waals surface area contributed by atoms with E-state index < -0.39 is 0 Å². The summed E-state index contributed by atoms with van der Waals surface area (Å²) in [6.45, 7) is 6.53. The summed E-state index contributed by atoms with van der Waals surface area (Å²) in [7, 11) is 0. The van der Waals surface area contributed by atoms with Crippen LogP contribution in [0.1, 0.15) is 47.6 Å². The lowest BCUT2D eigenvalue weighted by Gasteiger charge is -2.34. The molecule has 0 amide bonds. The van der Waals surface area contributed by atoms with Crippen LogP contribution in [0.25, 0.3) is 0 Å². The Kier molecular flexibility index (Phi) is 3.31. The highest BCUT2D eigenvalue weighted by atomic mass is 15.2. The first kappa shape index (κ1) is 11.6. The second-order valence-electron chi connectivity index (χ2n) is 5.13. The monoisotopic (exact) mass is 218 g/mol. The minimum absolute atomic E-state index is 0.341. The van der Waals surface area contributed by atoms with Crippen LogP contribution in [0.3, 0.4) is 0 Å². The number of nitrogens with one attached hydrogen (secondary N) is 1. The summed E-state index contributed by atoms with van der Waals surface area (Å²) < 4.78 is 0. The van der Waals surface area contributed by atoms with Crippen molar-refractivity contribution < 1.29 is 0 Å². The van der Waals surface area contributed by atoms with Gasteiger partial charge in [-0.05, 0) is 61.8 Å². The van der Waals surface area contributed by atoms with Crippen molar-refractivity contribution in [1.29, 1.82) is 0 Å². The summed E-state index contributed by atoms with van der Waals surface area (Å²) in [4.78, 5) is 0. The Morgan fingerprint density at radius 3 is 2.25 bits per heavy atom. The Labute approximate surface area is 98.2 Å². The number of hydrogen-bond donors (Lipinski definition) is 2. The molecule has 1 aromatic carbocycles. The summed E-state index contributed by atoms with van der Waals surface area (Å²) in [5, 5.41) is 0. The van der Waals surface area contributed by atoms with Crippen LogP contribution >= 0.6 is 0 Å². The van der Waals surface area contributed by atoms with Crippen molar-refractivity contribution in [2.45, 2.75) is 46.1 Å². The topological polar surface area (TPSA) is 38.0 Å². The lowest BCUT2D eigenvalue weighted by Crippen LogP contribution is -2.36. The van der Waals surface area contributed by atoms with Gasteiger partial charge in [0.1, 0.15) is 0 Å². The van der Waals surface area contributed by atoms with E-state index >= 15 is 0 Å². The molecule has 1 atom stereocenters. The van der Waals surface area contributed by atoms with Crippen LogP contribution in [0.4, 0.5) is 0 Å². The van der Waals surface area contributed by atoms with Gasteiger partial charge in [0.25, 0.3) is 0 Å². The van der Waals surface area contributed by atoms with E-state index in [-0.39, 0.29) is 0 Å². The molecule has 1 unspecified atom stereocenters. The van der Waals surface area contributed by atoms with Crippen molar-refractivity contribution in [2.75, 3.05) is 0 Å². The predicted molar refractivity (Wildman–Crippen MR) is 68.1 cm³/mol. The quantitative estimate of drug-likeness (QED) is 0.604. The highest BCUT2D eigenvalue weighted by molar-refractivity contribution is 5.38. The summed E-state index contributed by atoms with van der Waals surface area (Å²) in [5.74, 6) is 6.45. The van der Waals surface area contributed by atoms with Crippen LogP contribution in [-0.2, 0) is 0 Å². The first-order valence-electron chi connectivity index (χ1n) is 6.17. The first-order chi connectivity index (χ1) is 7.63. The maximum Gasteiger partial charge on any atom is 0.0490 e. The van der Waals surface area contributed by atoms with Crippen molar-refractivity contribution in [2.24, 2.45) is 11.8 Å². The summed E-state index contributed by atoms with van der Waals surface area (Å²) in [5.41, 5.74) is 8.48. The Bertz CT molecular complexity index is 381. The number of hydrogen-bond acceptors (Lipinski definition) is 2. The van der Waals surface area contributed by atoms with Gasteiger partial charge < -0.3 is 0 Å². The molecule has 0 heterocycles. The molecule has 1 fully saturated rings. The summed E-state index contributed by atoms with van der Waals surface area (Å²) >= 11 is 0. The van der Waals surface area contributed by atoms with Gasteiger partial charge >= 0.3 is 0 Å². The second-order valence-corrected chi connectivity index (χ2v) is 5.13. The minimum atomic E-state index is 0.341.